The molecule has 0 aromatic rings. The van der Waals surface area contributed by atoms with E-state index in [1.807, 2.05) is 0 Å². The van der Waals surface area contributed by atoms with Gasteiger partial charge in [0.15, 0.2) is 6.29 Å². The van der Waals surface area contributed by atoms with Gasteiger partial charge in [-0.3, -0.25) is 0 Å². The number of aliphatic hydroxyl groups excluding tert-OH is 13. The average molecular weight is 783 g/mol. The van der Waals surface area contributed by atoms with Crippen LogP contribution in [0, 0.1) is 0 Å². The fourth-order valence-corrected chi connectivity index (χ4v) is 5.96. The molecule has 25 heteroatoms. The van der Waals surface area contributed by atoms with E-state index in [2.05, 4.69) is 0 Å². The van der Waals surface area contributed by atoms with Crippen LogP contribution in [0.3, 0.4) is 0 Å². The number of carboxylic acids is 2. The molecular formula is C28H50N2O23. The van der Waals surface area contributed by atoms with Crippen LogP contribution in [0.4, 0.5) is 0 Å². The van der Waals surface area contributed by atoms with Gasteiger partial charge in [0.1, 0.15) is 67.1 Å². The lowest BCUT2D eigenvalue weighted by molar-refractivity contribution is -0.378. The molecule has 0 unspecified atom stereocenters. The van der Waals surface area contributed by atoms with Gasteiger partial charge in [-0.15, -0.1) is 0 Å². The van der Waals surface area contributed by atoms with Crippen LogP contribution in [0.5, 0.6) is 0 Å². The molecule has 3 aliphatic rings. The van der Waals surface area contributed by atoms with E-state index in [-0.39, 0.29) is 0 Å². The van der Waals surface area contributed by atoms with Crippen LogP contribution in [0.2, 0.25) is 0 Å². The molecule has 19 N–H and O–H groups in total. The van der Waals surface area contributed by atoms with Crippen molar-refractivity contribution in [2.75, 3.05) is 33.0 Å². The Morgan fingerprint density at radius 2 is 1.30 bits per heavy atom. The van der Waals surface area contributed by atoms with Crippen molar-refractivity contribution < 1.29 is 115 Å². The van der Waals surface area contributed by atoms with Gasteiger partial charge in [-0.05, 0) is 0 Å². The summed E-state index contributed by atoms with van der Waals surface area (Å²) in [6.07, 6.45) is -31.6. The highest BCUT2D eigenvalue weighted by molar-refractivity contribution is 5.77. The van der Waals surface area contributed by atoms with Crippen molar-refractivity contribution in [2.45, 2.75) is 128 Å². The third-order valence-corrected chi connectivity index (χ3v) is 9.23. The quantitative estimate of drug-likeness (QED) is 0.0613. The lowest BCUT2D eigenvalue weighted by Gasteiger charge is -2.50. The Morgan fingerprint density at radius 3 is 1.83 bits per heavy atom. The molecule has 3 heterocycles. The van der Waals surface area contributed by atoms with Crippen molar-refractivity contribution in [2.24, 2.45) is 11.5 Å². The van der Waals surface area contributed by atoms with E-state index in [0.29, 0.717) is 0 Å². The van der Waals surface area contributed by atoms with E-state index < -0.39 is 173 Å². The van der Waals surface area contributed by atoms with E-state index in [4.69, 9.17) is 45.0 Å². The van der Waals surface area contributed by atoms with Gasteiger partial charge in [0.05, 0.1) is 63.4 Å². The molecule has 0 bridgehead atoms. The molecule has 0 amide bonds. The topological polar surface area (TPSA) is 445 Å². The number of rotatable bonds is 18. The zero-order valence-electron chi connectivity index (χ0n) is 27.9. The normalized spacial score (nSPS) is 41.5. The van der Waals surface area contributed by atoms with E-state index in [9.17, 15) is 81.1 Å². The van der Waals surface area contributed by atoms with Gasteiger partial charge in [0.2, 0.25) is 0 Å². The molecule has 53 heavy (non-hydrogen) atoms. The molecule has 0 spiro atoms. The Bertz CT molecular complexity index is 1190. The number of aliphatic hydroxyl groups is 13. The molecule has 0 radical (unpaired) electrons. The van der Waals surface area contributed by atoms with Crippen molar-refractivity contribution in [1.82, 2.24) is 0 Å². The fourth-order valence-electron chi connectivity index (χ4n) is 5.96. The summed E-state index contributed by atoms with van der Waals surface area (Å²) in [5, 5.41) is 152. The maximum atomic E-state index is 12.8. The molecule has 0 aromatic carbocycles. The highest BCUT2D eigenvalue weighted by Gasteiger charge is 2.61. The van der Waals surface area contributed by atoms with Gasteiger partial charge >= 0.3 is 11.9 Å². The Kier molecular flexibility index (Phi) is 16.2. The fraction of sp³-hybridized carbons (Fsp3) is 0.929. The van der Waals surface area contributed by atoms with Crippen molar-refractivity contribution in [1.29, 1.82) is 0 Å². The van der Waals surface area contributed by atoms with Gasteiger partial charge in [0, 0.05) is 12.8 Å². The van der Waals surface area contributed by atoms with E-state index in [0.717, 1.165) is 0 Å². The number of aliphatic carboxylic acids is 2. The number of carbonyl (C=O) groups is 2. The number of hydrogen-bond donors (Lipinski definition) is 17. The van der Waals surface area contributed by atoms with Crippen molar-refractivity contribution >= 4 is 11.9 Å². The summed E-state index contributed by atoms with van der Waals surface area (Å²) in [5.74, 6) is -10.2. The van der Waals surface area contributed by atoms with E-state index in [1.165, 1.54) is 0 Å². The van der Waals surface area contributed by atoms with Gasteiger partial charge in [-0.2, -0.15) is 0 Å². The summed E-state index contributed by atoms with van der Waals surface area (Å²) in [6, 6.07) is -2.89. The highest BCUT2D eigenvalue weighted by atomic mass is 16.8. The van der Waals surface area contributed by atoms with Crippen LogP contribution in [-0.4, -0.2) is 237 Å². The van der Waals surface area contributed by atoms with Gasteiger partial charge < -0.3 is 116 Å². The lowest BCUT2D eigenvalue weighted by atomic mass is 9.90. The number of ether oxygens (including phenoxy) is 6. The summed E-state index contributed by atoms with van der Waals surface area (Å²) in [7, 11) is 0. The molecule has 0 aliphatic carbocycles. The predicted octanol–water partition coefficient (Wildman–Crippen LogP) is -10.5. The maximum Gasteiger partial charge on any atom is 0.364 e. The first-order chi connectivity index (χ1) is 24.7. The van der Waals surface area contributed by atoms with Crippen molar-refractivity contribution in [3.05, 3.63) is 0 Å². The Hall–Kier alpha value is -1.90. The van der Waals surface area contributed by atoms with Gasteiger partial charge in [0.25, 0.3) is 11.6 Å². The molecule has 0 aromatic heterocycles. The molecule has 0 saturated carbocycles. The van der Waals surface area contributed by atoms with Crippen molar-refractivity contribution in [3.63, 3.8) is 0 Å². The third kappa shape index (κ3) is 9.92. The summed E-state index contributed by atoms with van der Waals surface area (Å²) >= 11 is 0. The zero-order valence-corrected chi connectivity index (χ0v) is 27.9. The predicted molar refractivity (Wildman–Crippen MR) is 162 cm³/mol. The van der Waals surface area contributed by atoms with Crippen LogP contribution in [0.15, 0.2) is 0 Å². The van der Waals surface area contributed by atoms with Crippen LogP contribution < -0.4 is 11.5 Å². The first-order valence-electron chi connectivity index (χ1n) is 16.3. The van der Waals surface area contributed by atoms with Gasteiger partial charge in [-0.1, -0.05) is 0 Å². The highest BCUT2D eigenvalue weighted by Crippen LogP contribution is 2.40. The Morgan fingerprint density at radius 1 is 0.755 bits per heavy atom. The minimum atomic E-state index is -3.06. The second kappa shape index (κ2) is 18.8. The largest absolute Gasteiger partial charge is 0.477 e. The minimum absolute atomic E-state index is 0.752. The van der Waals surface area contributed by atoms with Crippen LogP contribution in [0.1, 0.15) is 12.8 Å². The molecule has 3 fully saturated rings. The molecule has 3 rings (SSSR count). The molecule has 3 aliphatic heterocycles. The molecular weight excluding hydrogens is 732 g/mol. The molecule has 25 nitrogen and oxygen atoms in total. The minimum Gasteiger partial charge on any atom is -0.477 e. The maximum absolute atomic E-state index is 12.8. The second-order valence-electron chi connectivity index (χ2n) is 13.0. The lowest BCUT2D eigenvalue weighted by Crippen LogP contribution is -2.68. The molecule has 3 saturated heterocycles. The van der Waals surface area contributed by atoms with Gasteiger partial charge in [-0.25, -0.2) is 9.59 Å². The van der Waals surface area contributed by atoms with Crippen molar-refractivity contribution in [3.8, 4) is 0 Å². The third-order valence-electron chi connectivity index (χ3n) is 9.23. The Balaban J connectivity index is 1.88. The van der Waals surface area contributed by atoms with Crippen LogP contribution >= 0.6 is 0 Å². The second-order valence-corrected chi connectivity index (χ2v) is 13.0. The van der Waals surface area contributed by atoms with Crippen LogP contribution in [0.25, 0.3) is 0 Å². The summed E-state index contributed by atoms with van der Waals surface area (Å²) in [4.78, 5) is 25.3. The number of nitrogens with two attached hydrogens (primary N) is 2. The Labute approximate surface area is 299 Å². The SMILES string of the molecule is N[C@H]1[C@H](OC[C@@H](O)[C@@H](O)[C@H](O)[C@@H](N)CO)O[C@H](CO[C@]2(C(=O)O)C[C@@H](O[C@]3(C(=O)O)C[C@@H](O)[C@@H](O)[C@@H]([C@H](O)CO)O3)[C@@H](O)[C@@H]([C@H](O)CO)O2)[C@@H](O)[C@@H]1O. The van der Waals surface area contributed by atoms with Crippen LogP contribution in [-0.2, 0) is 38.0 Å². The number of carboxylic acid groups (broad SMARTS) is 2. The molecule has 19 atom stereocenters. The summed E-state index contributed by atoms with van der Waals surface area (Å²) in [5.41, 5.74) is 11.3. The first-order valence-corrected chi connectivity index (χ1v) is 16.3. The summed E-state index contributed by atoms with van der Waals surface area (Å²) in [6.45, 7) is -4.89. The summed E-state index contributed by atoms with van der Waals surface area (Å²) < 4.78 is 32.6. The first kappa shape index (κ1) is 45.5. The standard InChI is InChI=1S/C28H50N2O23/c29-8(3-31)16(38)17(39)12(37)6-48-24-15(30)21(43)19(41)14(50-24)7-49-27(25(44)45)2-13(20(42)23(52-27)11(36)5-33)51-28(26(46)47)1-9(34)18(40)22(53-28)10(35)4-32/h8-24,31-43H,1-7,29-30H2,(H,44,45)(H,46,47)/t8-,9+,10+,11+,12+,13+,14+,15+,16+,17+,18+,19+,20+,21+,22+,23+,24+,27+,28+/m0/s1. The number of hydrogen-bond acceptors (Lipinski definition) is 23. The smallest absolute Gasteiger partial charge is 0.364 e. The average Bonchev–Trinajstić information content (AvgIpc) is 3.13. The van der Waals surface area contributed by atoms with E-state index >= 15 is 0 Å². The zero-order chi connectivity index (χ0) is 40.2. The molecule has 310 valence electrons. The monoisotopic (exact) mass is 782 g/mol. The van der Waals surface area contributed by atoms with E-state index in [1.54, 1.807) is 0 Å².